The predicted octanol–water partition coefficient (Wildman–Crippen LogP) is 5.55. The molecule has 4 nitrogen and oxygen atoms in total. The average molecular weight is 395 g/mol. The van der Waals surface area contributed by atoms with E-state index in [4.69, 9.17) is 18.6 Å². The number of methoxy groups -OCH3 is 3. The van der Waals surface area contributed by atoms with Gasteiger partial charge in [0.25, 0.3) is 0 Å². The quantitative estimate of drug-likeness (QED) is 0.364. The Balaban J connectivity index is 2.91. The molecule has 0 spiro atoms. The van der Waals surface area contributed by atoms with E-state index in [2.05, 4.69) is 58.2 Å². The SMILES string of the molecule is COCc1cc(COC)c(/C=C/CCO[Si](C)(C)C(C)(C)C)c(COC)c1. The van der Waals surface area contributed by atoms with Gasteiger partial charge in [-0.1, -0.05) is 45.1 Å². The highest BCUT2D eigenvalue weighted by molar-refractivity contribution is 6.74. The van der Waals surface area contributed by atoms with Crippen LogP contribution in [0.25, 0.3) is 6.08 Å². The van der Waals surface area contributed by atoms with Gasteiger partial charge < -0.3 is 18.6 Å². The lowest BCUT2D eigenvalue weighted by molar-refractivity contribution is 0.175. The molecule has 0 fully saturated rings. The fourth-order valence-corrected chi connectivity index (χ4v) is 3.73. The zero-order valence-electron chi connectivity index (χ0n) is 18.5. The van der Waals surface area contributed by atoms with Crippen LogP contribution in [0.15, 0.2) is 18.2 Å². The van der Waals surface area contributed by atoms with Crippen molar-refractivity contribution in [3.05, 3.63) is 40.5 Å². The second-order valence-corrected chi connectivity index (χ2v) is 13.2. The number of hydrogen-bond acceptors (Lipinski definition) is 4. The van der Waals surface area contributed by atoms with Gasteiger partial charge in [0, 0.05) is 27.9 Å². The zero-order chi connectivity index (χ0) is 20.5. The number of rotatable bonds is 11. The summed E-state index contributed by atoms with van der Waals surface area (Å²) in [4.78, 5) is 0. The molecule has 0 bridgehead atoms. The maximum Gasteiger partial charge on any atom is 0.191 e. The van der Waals surface area contributed by atoms with Gasteiger partial charge in [-0.25, -0.2) is 0 Å². The third-order valence-electron chi connectivity index (χ3n) is 5.16. The normalized spacial score (nSPS) is 12.9. The van der Waals surface area contributed by atoms with Crippen LogP contribution in [0.5, 0.6) is 0 Å². The van der Waals surface area contributed by atoms with E-state index in [1.165, 1.54) is 5.56 Å². The lowest BCUT2D eigenvalue weighted by atomic mass is 9.97. The molecule has 0 amide bonds. The Morgan fingerprint density at radius 3 is 1.85 bits per heavy atom. The first-order valence-corrected chi connectivity index (χ1v) is 12.5. The van der Waals surface area contributed by atoms with Crippen molar-refractivity contribution in [3.63, 3.8) is 0 Å². The molecule has 0 saturated heterocycles. The van der Waals surface area contributed by atoms with Crippen molar-refractivity contribution >= 4 is 14.4 Å². The molecular formula is C22H38O4Si. The maximum absolute atomic E-state index is 6.26. The van der Waals surface area contributed by atoms with Crippen molar-refractivity contribution in [3.8, 4) is 0 Å². The Hall–Kier alpha value is -0.983. The van der Waals surface area contributed by atoms with Gasteiger partial charge in [0.1, 0.15) is 0 Å². The third-order valence-corrected chi connectivity index (χ3v) is 9.70. The Morgan fingerprint density at radius 2 is 1.41 bits per heavy atom. The summed E-state index contributed by atoms with van der Waals surface area (Å²) in [5.41, 5.74) is 4.61. The molecule has 0 radical (unpaired) electrons. The first-order chi connectivity index (χ1) is 12.7. The van der Waals surface area contributed by atoms with E-state index in [1.54, 1.807) is 21.3 Å². The smallest absolute Gasteiger partial charge is 0.191 e. The van der Waals surface area contributed by atoms with Gasteiger partial charge in [0.15, 0.2) is 8.32 Å². The van der Waals surface area contributed by atoms with E-state index < -0.39 is 8.32 Å². The highest BCUT2D eigenvalue weighted by Gasteiger charge is 2.36. The molecule has 1 aromatic rings. The van der Waals surface area contributed by atoms with E-state index in [1.807, 2.05) is 0 Å². The van der Waals surface area contributed by atoms with Crippen LogP contribution in [0.3, 0.4) is 0 Å². The van der Waals surface area contributed by atoms with Crippen molar-refractivity contribution in [2.75, 3.05) is 27.9 Å². The van der Waals surface area contributed by atoms with E-state index in [-0.39, 0.29) is 5.04 Å². The molecule has 5 heteroatoms. The molecule has 0 heterocycles. The minimum absolute atomic E-state index is 0.241. The van der Waals surface area contributed by atoms with Gasteiger partial charge in [0.2, 0.25) is 0 Å². The number of hydrogen-bond donors (Lipinski definition) is 0. The molecule has 154 valence electrons. The molecule has 0 atom stereocenters. The van der Waals surface area contributed by atoms with Crippen molar-refractivity contribution in [1.29, 1.82) is 0 Å². The van der Waals surface area contributed by atoms with E-state index in [9.17, 15) is 0 Å². The van der Waals surface area contributed by atoms with Gasteiger partial charge in [0.05, 0.1) is 19.8 Å². The van der Waals surface area contributed by atoms with Gasteiger partial charge >= 0.3 is 0 Å². The minimum atomic E-state index is -1.69. The fourth-order valence-electron chi connectivity index (χ4n) is 2.66. The number of ether oxygens (including phenoxy) is 3. The topological polar surface area (TPSA) is 36.9 Å². The molecule has 0 N–H and O–H groups in total. The summed E-state index contributed by atoms with van der Waals surface area (Å²) >= 11 is 0. The third kappa shape index (κ3) is 7.51. The van der Waals surface area contributed by atoms with Crippen LogP contribution in [0.2, 0.25) is 18.1 Å². The molecular weight excluding hydrogens is 356 g/mol. The first-order valence-electron chi connectivity index (χ1n) is 9.58. The van der Waals surface area contributed by atoms with E-state index in [0.717, 1.165) is 29.7 Å². The highest BCUT2D eigenvalue weighted by Crippen LogP contribution is 2.36. The van der Waals surface area contributed by atoms with Gasteiger partial charge in [-0.3, -0.25) is 0 Å². The summed E-state index contributed by atoms with van der Waals surface area (Å²) in [5, 5.41) is 0.241. The lowest BCUT2D eigenvalue weighted by Gasteiger charge is -2.36. The van der Waals surface area contributed by atoms with Crippen LogP contribution in [0.4, 0.5) is 0 Å². The Bertz CT molecular complexity index is 576. The van der Waals surface area contributed by atoms with Crippen molar-refractivity contribution in [1.82, 2.24) is 0 Å². The molecule has 0 unspecified atom stereocenters. The molecule has 0 aromatic heterocycles. The maximum atomic E-state index is 6.26. The van der Waals surface area contributed by atoms with Crippen molar-refractivity contribution < 1.29 is 18.6 Å². The summed E-state index contributed by atoms with van der Waals surface area (Å²) in [6, 6.07) is 4.30. The first kappa shape index (κ1) is 24.1. The summed E-state index contributed by atoms with van der Waals surface area (Å²) < 4.78 is 22.4. The van der Waals surface area contributed by atoms with Crippen LogP contribution in [0.1, 0.15) is 49.4 Å². The van der Waals surface area contributed by atoms with Crippen LogP contribution < -0.4 is 0 Å². The molecule has 0 aliphatic carbocycles. The lowest BCUT2D eigenvalue weighted by Crippen LogP contribution is -2.40. The van der Waals surface area contributed by atoms with Crippen LogP contribution >= 0.6 is 0 Å². The standard InChI is InChI=1S/C22H38O4Si/c1-22(2,3)27(7,8)26-12-10-9-11-21-19(16-24-5)13-18(15-23-4)14-20(21)17-25-6/h9,11,13-14H,10,12,15-17H2,1-8H3/b11-9+. The van der Waals surface area contributed by atoms with Gasteiger partial charge in [-0.2, -0.15) is 0 Å². The van der Waals surface area contributed by atoms with Crippen LogP contribution in [-0.4, -0.2) is 36.3 Å². The van der Waals surface area contributed by atoms with E-state index >= 15 is 0 Å². The molecule has 0 aliphatic rings. The monoisotopic (exact) mass is 394 g/mol. The number of benzene rings is 1. The Kier molecular flexibility index (Phi) is 9.91. The summed E-state index contributed by atoms with van der Waals surface area (Å²) in [6.07, 6.45) is 5.26. The summed E-state index contributed by atoms with van der Waals surface area (Å²) in [6.45, 7) is 13.9. The van der Waals surface area contributed by atoms with Crippen molar-refractivity contribution in [2.24, 2.45) is 0 Å². The second kappa shape index (κ2) is 11.1. The fraction of sp³-hybridized carbons (Fsp3) is 0.636. The summed E-state index contributed by atoms with van der Waals surface area (Å²) in [5.74, 6) is 0. The average Bonchev–Trinajstić information content (AvgIpc) is 2.56. The molecule has 0 aliphatic heterocycles. The molecule has 1 rings (SSSR count). The second-order valence-electron chi connectivity index (χ2n) is 8.43. The van der Waals surface area contributed by atoms with Gasteiger partial charge in [-0.05, 0) is 46.8 Å². The minimum Gasteiger partial charge on any atom is -0.417 e. The highest BCUT2D eigenvalue weighted by atomic mass is 28.4. The van der Waals surface area contributed by atoms with Crippen molar-refractivity contribution in [2.45, 2.75) is 65.1 Å². The van der Waals surface area contributed by atoms with Crippen LogP contribution in [0, 0.1) is 0 Å². The molecule has 0 saturated carbocycles. The largest absolute Gasteiger partial charge is 0.417 e. The molecule has 1 aromatic carbocycles. The summed E-state index contributed by atoms with van der Waals surface area (Å²) in [7, 11) is 3.47. The Morgan fingerprint density at radius 1 is 0.889 bits per heavy atom. The zero-order valence-corrected chi connectivity index (χ0v) is 19.5. The molecule has 27 heavy (non-hydrogen) atoms. The van der Waals surface area contributed by atoms with Crippen LogP contribution in [-0.2, 0) is 38.5 Å². The Labute approximate surface area is 167 Å². The van der Waals surface area contributed by atoms with E-state index in [0.29, 0.717) is 19.8 Å². The van der Waals surface area contributed by atoms with Gasteiger partial charge in [-0.15, -0.1) is 0 Å². The predicted molar refractivity (Wildman–Crippen MR) is 115 cm³/mol.